The molecule has 0 bridgehead atoms. The second kappa shape index (κ2) is 5.72. The molecule has 14 heavy (non-hydrogen) atoms. The van der Waals surface area contributed by atoms with Gasteiger partial charge in [0.05, 0.1) is 0 Å². The minimum atomic E-state index is 0.730. The Morgan fingerprint density at radius 1 is 1.29 bits per heavy atom. The van der Waals surface area contributed by atoms with Gasteiger partial charge in [0.15, 0.2) is 0 Å². The first-order valence-corrected chi connectivity index (χ1v) is 6.07. The number of rotatable bonds is 4. The summed E-state index contributed by atoms with van der Waals surface area (Å²) in [4.78, 5) is 2.70. The van der Waals surface area contributed by atoms with E-state index in [0.29, 0.717) is 0 Å². The van der Waals surface area contributed by atoms with Crippen LogP contribution in [0.4, 0.5) is 0 Å². The Kier molecular flexibility index (Phi) is 4.90. The summed E-state index contributed by atoms with van der Waals surface area (Å²) in [6.45, 7) is 9.48. The Balaban J connectivity index is 2.52. The zero-order valence-corrected chi connectivity index (χ0v) is 10.2. The van der Waals surface area contributed by atoms with E-state index in [1.165, 1.54) is 25.8 Å². The van der Waals surface area contributed by atoms with Crippen molar-refractivity contribution in [2.24, 2.45) is 5.92 Å². The molecule has 0 aromatic rings. The van der Waals surface area contributed by atoms with Crippen molar-refractivity contribution in [3.63, 3.8) is 0 Å². The van der Waals surface area contributed by atoms with E-state index in [1.807, 2.05) is 0 Å². The Morgan fingerprint density at radius 2 is 2.00 bits per heavy atom. The number of nitrogens with one attached hydrogen (secondary N) is 1. The maximum absolute atomic E-state index is 3.32. The molecule has 1 N–H and O–H groups in total. The predicted molar refractivity (Wildman–Crippen MR) is 62.6 cm³/mol. The monoisotopic (exact) mass is 198 g/mol. The highest BCUT2D eigenvalue weighted by Gasteiger charge is 2.26. The molecule has 2 heteroatoms. The summed E-state index contributed by atoms with van der Waals surface area (Å²) in [5.41, 5.74) is 0. The molecule has 1 fully saturated rings. The fraction of sp³-hybridized carbons (Fsp3) is 1.00. The number of likely N-dealkylation sites (tertiary alicyclic amines) is 1. The van der Waals surface area contributed by atoms with Crippen LogP contribution in [0.1, 0.15) is 40.0 Å². The van der Waals surface area contributed by atoms with Gasteiger partial charge in [0.2, 0.25) is 0 Å². The highest BCUT2D eigenvalue weighted by molar-refractivity contribution is 4.83. The number of piperidine rings is 1. The van der Waals surface area contributed by atoms with Crippen LogP contribution in [0.25, 0.3) is 0 Å². The summed E-state index contributed by atoms with van der Waals surface area (Å²) in [5, 5.41) is 3.32. The van der Waals surface area contributed by atoms with Crippen molar-refractivity contribution in [3.8, 4) is 0 Å². The lowest BCUT2D eigenvalue weighted by atomic mass is 9.95. The molecule has 84 valence electrons. The van der Waals surface area contributed by atoms with Gasteiger partial charge in [-0.25, -0.2) is 0 Å². The van der Waals surface area contributed by atoms with Crippen LogP contribution < -0.4 is 5.32 Å². The van der Waals surface area contributed by atoms with E-state index in [2.05, 4.69) is 38.0 Å². The predicted octanol–water partition coefficient (Wildman–Crippen LogP) is 2.10. The van der Waals surface area contributed by atoms with Crippen LogP contribution in [-0.2, 0) is 0 Å². The molecule has 0 aromatic heterocycles. The maximum Gasteiger partial charge on any atom is 0.0223 e. The molecule has 0 amide bonds. The molecule has 2 nitrogen and oxygen atoms in total. The number of hydrogen-bond acceptors (Lipinski definition) is 2. The molecule has 1 rings (SSSR count). The molecule has 0 aliphatic carbocycles. The van der Waals surface area contributed by atoms with E-state index >= 15 is 0 Å². The smallest absolute Gasteiger partial charge is 0.0223 e. The molecule has 0 aromatic carbocycles. The molecule has 0 spiro atoms. The Bertz CT molecular complexity index is 154. The second-order valence-corrected chi connectivity index (χ2v) is 4.93. The lowest BCUT2D eigenvalue weighted by Crippen LogP contribution is -2.50. The lowest BCUT2D eigenvalue weighted by molar-refractivity contribution is 0.0795. The molecule has 2 atom stereocenters. The van der Waals surface area contributed by atoms with Crippen LogP contribution in [0.2, 0.25) is 0 Å². The number of hydrogen-bond donors (Lipinski definition) is 1. The van der Waals surface area contributed by atoms with Crippen molar-refractivity contribution in [3.05, 3.63) is 0 Å². The Morgan fingerprint density at radius 3 is 2.57 bits per heavy atom. The van der Waals surface area contributed by atoms with Gasteiger partial charge >= 0.3 is 0 Å². The van der Waals surface area contributed by atoms with Gasteiger partial charge in [0, 0.05) is 18.6 Å². The number of nitrogens with zero attached hydrogens (tertiary/aromatic N) is 1. The minimum Gasteiger partial charge on any atom is -0.318 e. The topological polar surface area (TPSA) is 15.3 Å². The molecular formula is C12H26N2. The first-order chi connectivity index (χ1) is 6.66. The molecule has 1 aliphatic rings. The third-order valence-electron chi connectivity index (χ3n) is 3.60. The fourth-order valence-corrected chi connectivity index (χ4v) is 2.40. The van der Waals surface area contributed by atoms with Crippen molar-refractivity contribution in [2.45, 2.75) is 52.1 Å². The highest BCUT2D eigenvalue weighted by atomic mass is 15.2. The zero-order valence-electron chi connectivity index (χ0n) is 10.2. The van der Waals surface area contributed by atoms with Crippen molar-refractivity contribution in [2.75, 3.05) is 20.1 Å². The molecule has 0 saturated carbocycles. The van der Waals surface area contributed by atoms with E-state index in [9.17, 15) is 0 Å². The summed E-state index contributed by atoms with van der Waals surface area (Å²) in [7, 11) is 2.06. The van der Waals surface area contributed by atoms with E-state index in [4.69, 9.17) is 0 Å². The van der Waals surface area contributed by atoms with E-state index in [-0.39, 0.29) is 0 Å². The maximum atomic E-state index is 3.32. The summed E-state index contributed by atoms with van der Waals surface area (Å²) in [6.07, 6.45) is 4.17. The van der Waals surface area contributed by atoms with Crippen molar-refractivity contribution < 1.29 is 0 Å². The summed E-state index contributed by atoms with van der Waals surface area (Å²) >= 11 is 0. The first-order valence-electron chi connectivity index (χ1n) is 6.07. The van der Waals surface area contributed by atoms with Gasteiger partial charge in [-0.15, -0.1) is 0 Å². The standard InChI is InChI=1S/C12H26N2/c1-10(2)11(3)14-8-6-5-7-12(14)9-13-4/h10-13H,5-9H2,1-4H3. The fourth-order valence-electron chi connectivity index (χ4n) is 2.40. The lowest BCUT2D eigenvalue weighted by Gasteiger charge is -2.41. The van der Waals surface area contributed by atoms with Crippen molar-refractivity contribution in [1.82, 2.24) is 10.2 Å². The summed E-state index contributed by atoms with van der Waals surface area (Å²) in [5.74, 6) is 0.771. The Labute approximate surface area is 89.1 Å². The van der Waals surface area contributed by atoms with Gasteiger partial charge in [-0.1, -0.05) is 20.3 Å². The van der Waals surface area contributed by atoms with Gasteiger partial charge in [0.1, 0.15) is 0 Å². The molecule has 1 aliphatic heterocycles. The largest absolute Gasteiger partial charge is 0.318 e. The second-order valence-electron chi connectivity index (χ2n) is 4.93. The minimum absolute atomic E-state index is 0.730. The van der Waals surface area contributed by atoms with Crippen LogP contribution >= 0.6 is 0 Å². The molecule has 0 radical (unpaired) electrons. The average Bonchev–Trinajstić information content (AvgIpc) is 2.18. The molecular weight excluding hydrogens is 172 g/mol. The van der Waals surface area contributed by atoms with Gasteiger partial charge in [-0.3, -0.25) is 4.90 Å². The summed E-state index contributed by atoms with van der Waals surface area (Å²) in [6, 6.07) is 1.50. The third kappa shape index (κ3) is 2.96. The van der Waals surface area contributed by atoms with Crippen molar-refractivity contribution in [1.29, 1.82) is 0 Å². The van der Waals surface area contributed by atoms with E-state index in [0.717, 1.165) is 24.5 Å². The third-order valence-corrected chi connectivity index (χ3v) is 3.60. The quantitative estimate of drug-likeness (QED) is 0.744. The average molecular weight is 198 g/mol. The van der Waals surface area contributed by atoms with Crippen LogP contribution in [-0.4, -0.2) is 37.1 Å². The van der Waals surface area contributed by atoms with Gasteiger partial charge < -0.3 is 5.32 Å². The van der Waals surface area contributed by atoms with Crippen LogP contribution in [0, 0.1) is 5.92 Å². The molecule has 2 unspecified atom stereocenters. The van der Waals surface area contributed by atoms with E-state index < -0.39 is 0 Å². The van der Waals surface area contributed by atoms with E-state index in [1.54, 1.807) is 0 Å². The van der Waals surface area contributed by atoms with Crippen LogP contribution in [0.15, 0.2) is 0 Å². The zero-order chi connectivity index (χ0) is 10.6. The van der Waals surface area contributed by atoms with Crippen molar-refractivity contribution >= 4 is 0 Å². The molecule has 1 heterocycles. The van der Waals surface area contributed by atoms with Gasteiger partial charge in [0.25, 0.3) is 0 Å². The number of likely N-dealkylation sites (N-methyl/N-ethyl adjacent to an activating group) is 1. The molecule has 1 saturated heterocycles. The normalized spacial score (nSPS) is 26.8. The SMILES string of the molecule is CNCC1CCCCN1C(C)C(C)C. The van der Waals surface area contributed by atoms with Gasteiger partial charge in [-0.05, 0) is 39.3 Å². The summed E-state index contributed by atoms with van der Waals surface area (Å²) < 4.78 is 0. The highest BCUT2D eigenvalue weighted by Crippen LogP contribution is 2.22. The van der Waals surface area contributed by atoms with Crippen LogP contribution in [0.5, 0.6) is 0 Å². The Hall–Kier alpha value is -0.0800. The van der Waals surface area contributed by atoms with Gasteiger partial charge in [-0.2, -0.15) is 0 Å². The van der Waals surface area contributed by atoms with Crippen LogP contribution in [0.3, 0.4) is 0 Å². The first kappa shape index (κ1) is 12.0.